The smallest absolute Gasteiger partial charge is 0.284 e. The number of quaternary nitrogens is 1. The largest absolute Gasteiger partial charge is 0.332 e. The molecule has 0 fully saturated rings. The first-order valence-electron chi connectivity index (χ1n) is 8.70. The maximum atomic E-state index is 12.9. The average molecular weight is 374 g/mol. The molecule has 0 saturated carbocycles. The normalized spacial score (nSPS) is 15.4. The van der Waals surface area contributed by atoms with Gasteiger partial charge in [-0.05, 0) is 43.5 Å². The number of rotatable bonds is 5. The van der Waals surface area contributed by atoms with Crippen molar-refractivity contribution in [2.75, 3.05) is 11.4 Å². The van der Waals surface area contributed by atoms with Crippen LogP contribution in [0.2, 0.25) is 0 Å². The van der Waals surface area contributed by atoms with Crippen LogP contribution in [0, 0.1) is 0 Å². The van der Waals surface area contributed by atoms with Crippen LogP contribution in [0.5, 0.6) is 0 Å². The molecule has 0 spiro atoms. The van der Waals surface area contributed by atoms with Crippen LogP contribution in [0.4, 0.5) is 5.69 Å². The zero-order valence-corrected chi connectivity index (χ0v) is 15.6. The lowest BCUT2D eigenvalue weighted by Gasteiger charge is -2.30. The maximum Gasteiger partial charge on any atom is 0.284 e. The number of carbonyl (C=O) groups is 1. The Bertz CT molecular complexity index is 895. The van der Waals surface area contributed by atoms with E-state index in [1.807, 2.05) is 35.3 Å². The highest BCUT2D eigenvalue weighted by Crippen LogP contribution is 2.26. The topological polar surface area (TPSA) is 97.1 Å². The fourth-order valence-electron chi connectivity index (χ4n) is 3.24. The lowest BCUT2D eigenvalue weighted by atomic mass is 10.0. The fraction of sp³-hybridized carbons (Fsp3) is 0.316. The van der Waals surface area contributed by atoms with Gasteiger partial charge in [-0.2, -0.15) is 0 Å². The van der Waals surface area contributed by atoms with Gasteiger partial charge in [0.25, 0.3) is 5.91 Å². The molecule has 1 aliphatic heterocycles. The number of hydrogen-bond acceptors (Lipinski definition) is 3. The summed E-state index contributed by atoms with van der Waals surface area (Å²) in [6, 6.07) is 14.3. The van der Waals surface area contributed by atoms with Gasteiger partial charge in [0.15, 0.2) is 6.04 Å². The fourth-order valence-corrected chi connectivity index (χ4v) is 3.75. The minimum Gasteiger partial charge on any atom is -0.332 e. The van der Waals surface area contributed by atoms with Crippen LogP contribution < -0.4 is 15.4 Å². The Balaban J connectivity index is 1.64. The molecule has 1 heterocycles. The number of para-hydroxylation sites is 1. The van der Waals surface area contributed by atoms with Crippen LogP contribution in [-0.4, -0.2) is 26.9 Å². The third kappa shape index (κ3) is 4.12. The van der Waals surface area contributed by atoms with Crippen molar-refractivity contribution in [3.8, 4) is 0 Å². The van der Waals surface area contributed by atoms with Crippen molar-refractivity contribution in [2.24, 2.45) is 5.14 Å². The average Bonchev–Trinajstić information content (AvgIpc) is 2.64. The molecule has 2 aromatic rings. The van der Waals surface area contributed by atoms with E-state index in [4.69, 9.17) is 5.14 Å². The third-order valence-corrected chi connectivity index (χ3v) is 5.65. The Kier molecular flexibility index (Phi) is 5.41. The number of sulfonamides is 1. The van der Waals surface area contributed by atoms with Crippen molar-refractivity contribution < 1.29 is 18.5 Å². The van der Waals surface area contributed by atoms with Gasteiger partial charge in [-0.3, -0.25) is 4.79 Å². The minimum atomic E-state index is -3.68. The summed E-state index contributed by atoms with van der Waals surface area (Å²) in [5.41, 5.74) is 3.18. The van der Waals surface area contributed by atoms with Crippen LogP contribution in [0.15, 0.2) is 53.4 Å². The highest BCUT2D eigenvalue weighted by Gasteiger charge is 2.27. The summed E-state index contributed by atoms with van der Waals surface area (Å²) in [6.07, 6.45) is 1.99. The van der Waals surface area contributed by atoms with E-state index >= 15 is 0 Å². The van der Waals surface area contributed by atoms with Gasteiger partial charge < -0.3 is 10.2 Å². The zero-order chi connectivity index (χ0) is 18.7. The van der Waals surface area contributed by atoms with E-state index in [9.17, 15) is 13.2 Å². The highest BCUT2D eigenvalue weighted by molar-refractivity contribution is 7.89. The monoisotopic (exact) mass is 374 g/mol. The number of carbonyl (C=O) groups excluding carboxylic acids is 1. The Morgan fingerprint density at radius 1 is 1.19 bits per heavy atom. The number of primary sulfonamides is 1. The second kappa shape index (κ2) is 7.57. The number of amides is 1. The van der Waals surface area contributed by atoms with Crippen molar-refractivity contribution in [3.63, 3.8) is 0 Å². The van der Waals surface area contributed by atoms with Crippen molar-refractivity contribution in [2.45, 2.75) is 37.2 Å². The van der Waals surface area contributed by atoms with Gasteiger partial charge in [-0.15, -0.1) is 0 Å². The van der Waals surface area contributed by atoms with Gasteiger partial charge in [-0.1, -0.05) is 30.3 Å². The number of aryl methyl sites for hydroxylation is 1. The maximum absolute atomic E-state index is 12.9. The molecule has 3 rings (SSSR count). The third-order valence-electron chi connectivity index (χ3n) is 4.72. The summed E-state index contributed by atoms with van der Waals surface area (Å²) in [7, 11) is -3.68. The molecular weight excluding hydrogens is 350 g/mol. The molecule has 7 heteroatoms. The van der Waals surface area contributed by atoms with Crippen LogP contribution in [0.1, 0.15) is 24.5 Å². The van der Waals surface area contributed by atoms with Crippen LogP contribution >= 0.6 is 0 Å². The summed E-state index contributed by atoms with van der Waals surface area (Å²) in [5, 5.41) is 7.07. The molecule has 0 aromatic heterocycles. The molecule has 1 amide bonds. The number of benzene rings is 2. The number of hydrogen-bond donors (Lipinski definition) is 2. The summed E-state index contributed by atoms with van der Waals surface area (Å²) in [5.74, 6) is 0.0957. The van der Waals surface area contributed by atoms with Crippen LogP contribution in [0.25, 0.3) is 0 Å². The molecule has 0 unspecified atom stereocenters. The van der Waals surface area contributed by atoms with E-state index in [2.05, 4.69) is 6.07 Å². The second-order valence-corrected chi connectivity index (χ2v) is 8.20. The predicted octanol–water partition coefficient (Wildman–Crippen LogP) is 0.765. The van der Waals surface area contributed by atoms with Gasteiger partial charge in [0, 0.05) is 17.8 Å². The van der Waals surface area contributed by atoms with E-state index in [1.165, 1.54) is 17.7 Å². The van der Waals surface area contributed by atoms with E-state index in [0.717, 1.165) is 30.6 Å². The standard InChI is InChI=1S/C19H23N3O3S/c1-14(21-13-15-8-10-17(11-9-15)26(20,24)25)19(23)22-12-4-6-16-5-2-3-7-18(16)22/h2-3,5,7-11,14,21H,4,6,12-13H2,1H3,(H2,20,24,25)/p+1/t14-/m1/s1. The quantitative estimate of drug-likeness (QED) is 0.809. The second-order valence-electron chi connectivity index (χ2n) is 6.64. The summed E-state index contributed by atoms with van der Waals surface area (Å²) >= 11 is 0. The summed E-state index contributed by atoms with van der Waals surface area (Å²) in [4.78, 5) is 14.8. The Labute approximate surface area is 154 Å². The summed E-state index contributed by atoms with van der Waals surface area (Å²) < 4.78 is 22.6. The number of fused-ring (bicyclic) bond motifs is 1. The number of nitrogens with zero attached hydrogens (tertiary/aromatic N) is 1. The molecule has 1 aliphatic rings. The molecule has 0 radical (unpaired) electrons. The molecule has 138 valence electrons. The van der Waals surface area contributed by atoms with E-state index < -0.39 is 10.0 Å². The van der Waals surface area contributed by atoms with Gasteiger partial charge in [0.1, 0.15) is 6.54 Å². The number of anilines is 1. The first-order valence-corrected chi connectivity index (χ1v) is 10.3. The van der Waals surface area contributed by atoms with Crippen molar-refractivity contribution >= 4 is 21.6 Å². The van der Waals surface area contributed by atoms with Crippen molar-refractivity contribution in [3.05, 3.63) is 59.7 Å². The molecule has 0 bridgehead atoms. The molecule has 0 aliphatic carbocycles. The van der Waals surface area contributed by atoms with Gasteiger partial charge in [0.2, 0.25) is 10.0 Å². The van der Waals surface area contributed by atoms with E-state index in [-0.39, 0.29) is 16.8 Å². The first kappa shape index (κ1) is 18.6. The van der Waals surface area contributed by atoms with Crippen LogP contribution in [0.3, 0.4) is 0 Å². The Morgan fingerprint density at radius 2 is 1.88 bits per heavy atom. The Morgan fingerprint density at radius 3 is 2.58 bits per heavy atom. The highest BCUT2D eigenvalue weighted by atomic mass is 32.2. The van der Waals surface area contributed by atoms with Gasteiger partial charge >= 0.3 is 0 Å². The molecule has 2 aromatic carbocycles. The number of nitrogens with two attached hydrogens (primary N) is 2. The molecule has 0 saturated heterocycles. The van der Waals surface area contributed by atoms with E-state index in [0.29, 0.717) is 6.54 Å². The molecule has 26 heavy (non-hydrogen) atoms. The predicted molar refractivity (Wildman–Crippen MR) is 100 cm³/mol. The Hall–Kier alpha value is -2.22. The molecular formula is C19H24N3O3S+. The lowest BCUT2D eigenvalue weighted by Crippen LogP contribution is -2.90. The molecule has 4 N–H and O–H groups in total. The zero-order valence-electron chi connectivity index (χ0n) is 14.8. The van der Waals surface area contributed by atoms with Gasteiger partial charge in [-0.25, -0.2) is 13.6 Å². The van der Waals surface area contributed by atoms with E-state index in [1.54, 1.807) is 12.1 Å². The lowest BCUT2D eigenvalue weighted by molar-refractivity contribution is -0.688. The minimum absolute atomic E-state index is 0.0929. The summed E-state index contributed by atoms with van der Waals surface area (Å²) in [6.45, 7) is 3.24. The van der Waals surface area contributed by atoms with Crippen molar-refractivity contribution in [1.82, 2.24) is 0 Å². The first-order chi connectivity index (χ1) is 12.4. The molecule has 1 atom stereocenters. The molecule has 6 nitrogen and oxygen atoms in total. The van der Waals surface area contributed by atoms with Crippen molar-refractivity contribution in [1.29, 1.82) is 0 Å². The SMILES string of the molecule is C[C@@H]([NH2+]Cc1ccc(S(N)(=O)=O)cc1)C(=O)N1CCCc2ccccc21. The van der Waals surface area contributed by atoms with Crippen LogP contribution in [-0.2, 0) is 27.8 Å². The van der Waals surface area contributed by atoms with Gasteiger partial charge in [0.05, 0.1) is 4.90 Å².